The summed E-state index contributed by atoms with van der Waals surface area (Å²) in [5.74, 6) is 0. The molecule has 0 spiro atoms. The van der Waals surface area contributed by atoms with Crippen molar-refractivity contribution >= 4 is 69.4 Å². The second-order valence-electron chi connectivity index (χ2n) is 2.34. The van der Waals surface area contributed by atoms with Gasteiger partial charge in [-0.05, 0) is 18.3 Å². The molecular weight excluding hydrogens is 286 g/mol. The molecule has 2 nitrogen and oxygen atoms in total. The number of thiocarbonyl (C=S) groups is 1. The summed E-state index contributed by atoms with van der Waals surface area (Å²) in [6, 6.07) is 1.50. The van der Waals surface area contributed by atoms with Gasteiger partial charge in [0.25, 0.3) is 0 Å². The predicted molar refractivity (Wildman–Crippen MR) is 66.9 cm³/mol. The third-order valence-corrected chi connectivity index (χ3v) is 3.21. The van der Waals surface area contributed by atoms with Gasteiger partial charge in [-0.25, -0.2) is 0 Å². The first-order valence-electron chi connectivity index (χ1n) is 3.33. The van der Waals surface area contributed by atoms with Crippen LogP contribution in [-0.2, 0) is 0 Å². The minimum Gasteiger partial charge on any atom is -0.376 e. The van der Waals surface area contributed by atoms with Crippen molar-refractivity contribution in [1.29, 1.82) is 0 Å². The number of hydrogen-bond acceptors (Lipinski definition) is 1. The van der Waals surface area contributed by atoms with Crippen molar-refractivity contribution < 1.29 is 0 Å². The van der Waals surface area contributed by atoms with Gasteiger partial charge in [-0.1, -0.05) is 46.4 Å². The van der Waals surface area contributed by atoms with Crippen molar-refractivity contribution in [3.63, 3.8) is 0 Å². The summed E-state index contributed by atoms with van der Waals surface area (Å²) in [7, 11) is 0. The molecule has 0 saturated heterocycles. The Morgan fingerprint density at radius 1 is 1.14 bits per heavy atom. The normalized spacial score (nSPS) is 10.0. The highest BCUT2D eigenvalue weighted by Gasteiger charge is 2.13. The Hall–Kier alpha value is 0.0700. The van der Waals surface area contributed by atoms with Gasteiger partial charge in [0.1, 0.15) is 0 Å². The van der Waals surface area contributed by atoms with Crippen molar-refractivity contribution in [3.8, 4) is 0 Å². The van der Waals surface area contributed by atoms with Crippen LogP contribution < -0.4 is 11.1 Å². The van der Waals surface area contributed by atoms with E-state index in [9.17, 15) is 0 Å². The lowest BCUT2D eigenvalue weighted by Gasteiger charge is -2.09. The summed E-state index contributed by atoms with van der Waals surface area (Å²) in [5, 5.41) is 3.58. The minimum atomic E-state index is 0.0707. The maximum absolute atomic E-state index is 5.86. The summed E-state index contributed by atoms with van der Waals surface area (Å²) in [6.07, 6.45) is 0. The topological polar surface area (TPSA) is 38.0 Å². The second-order valence-corrected chi connectivity index (χ2v) is 4.32. The highest BCUT2D eigenvalue weighted by molar-refractivity contribution is 7.80. The summed E-state index contributed by atoms with van der Waals surface area (Å²) >= 11 is 27.8. The van der Waals surface area contributed by atoms with Gasteiger partial charge in [-0.3, -0.25) is 0 Å². The molecule has 0 aliphatic carbocycles. The zero-order valence-electron chi connectivity index (χ0n) is 6.57. The molecule has 0 saturated carbocycles. The lowest BCUT2D eigenvalue weighted by Crippen LogP contribution is -2.19. The Bertz CT molecular complexity index is 394. The summed E-state index contributed by atoms with van der Waals surface area (Å²) in [4.78, 5) is 0. The standard InChI is InChI=1S/C7H4Cl4N2S/c8-2-1-3(13-7(12)14)5(10)6(11)4(2)9/h1H,(H3,12,13,14). The third-order valence-electron chi connectivity index (χ3n) is 1.36. The molecule has 0 radical (unpaired) electrons. The van der Waals surface area contributed by atoms with Crippen LogP contribution >= 0.6 is 58.6 Å². The van der Waals surface area contributed by atoms with Gasteiger partial charge in [0.05, 0.1) is 25.8 Å². The average Bonchev–Trinajstić information content (AvgIpc) is 2.10. The van der Waals surface area contributed by atoms with Gasteiger partial charge in [0.15, 0.2) is 5.11 Å². The Morgan fingerprint density at radius 3 is 2.21 bits per heavy atom. The van der Waals surface area contributed by atoms with E-state index >= 15 is 0 Å². The van der Waals surface area contributed by atoms with Crippen molar-refractivity contribution in [2.24, 2.45) is 5.73 Å². The van der Waals surface area contributed by atoms with Crippen LogP contribution in [0.1, 0.15) is 0 Å². The molecule has 0 amide bonds. The lowest BCUT2D eigenvalue weighted by atomic mass is 10.3. The lowest BCUT2D eigenvalue weighted by molar-refractivity contribution is 1.60. The molecule has 0 fully saturated rings. The van der Waals surface area contributed by atoms with E-state index in [1.807, 2.05) is 0 Å². The van der Waals surface area contributed by atoms with E-state index in [-0.39, 0.29) is 25.2 Å². The fourth-order valence-corrected chi connectivity index (χ4v) is 1.76. The Labute approximate surface area is 106 Å². The molecule has 0 bridgehead atoms. The van der Waals surface area contributed by atoms with Gasteiger partial charge >= 0.3 is 0 Å². The Morgan fingerprint density at radius 2 is 1.71 bits per heavy atom. The van der Waals surface area contributed by atoms with Gasteiger partial charge in [0, 0.05) is 0 Å². The van der Waals surface area contributed by atoms with E-state index < -0.39 is 0 Å². The summed E-state index contributed by atoms with van der Waals surface area (Å²) < 4.78 is 0. The zero-order chi connectivity index (χ0) is 10.9. The number of hydrogen-bond donors (Lipinski definition) is 2. The van der Waals surface area contributed by atoms with E-state index in [0.29, 0.717) is 5.69 Å². The number of benzene rings is 1. The first-order valence-corrected chi connectivity index (χ1v) is 5.25. The molecule has 3 N–H and O–H groups in total. The largest absolute Gasteiger partial charge is 0.376 e. The fourth-order valence-electron chi connectivity index (χ4n) is 0.797. The minimum absolute atomic E-state index is 0.0707. The third kappa shape index (κ3) is 2.55. The van der Waals surface area contributed by atoms with Crippen LogP contribution in [0, 0.1) is 0 Å². The average molecular weight is 290 g/mol. The maximum atomic E-state index is 5.86. The highest BCUT2D eigenvalue weighted by Crippen LogP contribution is 2.40. The first kappa shape index (κ1) is 12.1. The Kier molecular flexibility index (Phi) is 4.10. The highest BCUT2D eigenvalue weighted by atomic mass is 35.5. The van der Waals surface area contributed by atoms with Crippen LogP contribution in [0.2, 0.25) is 20.1 Å². The number of nitrogens with one attached hydrogen (secondary N) is 1. The number of halogens is 4. The maximum Gasteiger partial charge on any atom is 0.168 e. The molecule has 14 heavy (non-hydrogen) atoms. The number of nitrogens with two attached hydrogens (primary N) is 1. The van der Waals surface area contributed by atoms with Crippen LogP contribution in [0.15, 0.2) is 6.07 Å². The molecule has 0 unspecified atom stereocenters. The van der Waals surface area contributed by atoms with Crippen molar-refractivity contribution in [2.45, 2.75) is 0 Å². The van der Waals surface area contributed by atoms with Crippen molar-refractivity contribution in [1.82, 2.24) is 0 Å². The fraction of sp³-hybridized carbons (Fsp3) is 0. The van der Waals surface area contributed by atoms with Gasteiger partial charge < -0.3 is 11.1 Å². The second kappa shape index (κ2) is 4.73. The molecule has 0 aliphatic heterocycles. The van der Waals surface area contributed by atoms with E-state index in [4.69, 9.17) is 52.1 Å². The van der Waals surface area contributed by atoms with Crippen LogP contribution in [-0.4, -0.2) is 5.11 Å². The summed E-state index contributed by atoms with van der Waals surface area (Å²) in [6.45, 7) is 0. The smallest absolute Gasteiger partial charge is 0.168 e. The predicted octanol–water partition coefficient (Wildman–Crippen LogP) is 3.96. The van der Waals surface area contributed by atoms with E-state index in [1.165, 1.54) is 6.07 Å². The molecule has 0 aromatic heterocycles. The molecule has 0 aliphatic rings. The SMILES string of the molecule is NC(=S)Nc1cc(Cl)c(Cl)c(Cl)c1Cl. The van der Waals surface area contributed by atoms with Crippen molar-refractivity contribution in [3.05, 3.63) is 26.2 Å². The van der Waals surface area contributed by atoms with Gasteiger partial charge in [0.2, 0.25) is 0 Å². The van der Waals surface area contributed by atoms with Crippen LogP contribution in [0.4, 0.5) is 5.69 Å². The number of anilines is 1. The molecule has 7 heteroatoms. The zero-order valence-corrected chi connectivity index (χ0v) is 10.4. The van der Waals surface area contributed by atoms with Crippen LogP contribution in [0.5, 0.6) is 0 Å². The van der Waals surface area contributed by atoms with E-state index in [0.717, 1.165) is 0 Å². The van der Waals surface area contributed by atoms with Crippen molar-refractivity contribution in [2.75, 3.05) is 5.32 Å². The molecule has 1 rings (SSSR count). The monoisotopic (exact) mass is 288 g/mol. The molecule has 1 aromatic rings. The molecule has 0 atom stereocenters. The van der Waals surface area contributed by atoms with Crippen LogP contribution in [0.3, 0.4) is 0 Å². The van der Waals surface area contributed by atoms with E-state index in [1.54, 1.807) is 0 Å². The first-order chi connectivity index (χ1) is 6.43. The molecule has 0 heterocycles. The Balaban J connectivity index is 3.25. The van der Waals surface area contributed by atoms with Crippen LogP contribution in [0.25, 0.3) is 0 Å². The molecule has 76 valence electrons. The quantitative estimate of drug-likeness (QED) is 0.467. The molecule has 1 aromatic carbocycles. The summed E-state index contributed by atoms with van der Waals surface area (Å²) in [5.41, 5.74) is 5.70. The van der Waals surface area contributed by atoms with E-state index in [2.05, 4.69) is 17.5 Å². The van der Waals surface area contributed by atoms with Gasteiger partial charge in [-0.15, -0.1) is 0 Å². The molecular formula is C7H4Cl4N2S. The van der Waals surface area contributed by atoms with Gasteiger partial charge in [-0.2, -0.15) is 0 Å². The number of rotatable bonds is 1.